The molecule has 5 heteroatoms. The van der Waals surface area contributed by atoms with Crippen LogP contribution in [0.1, 0.15) is 50.2 Å². The average molecular weight is 404 g/mol. The quantitative estimate of drug-likeness (QED) is 0.770. The van der Waals surface area contributed by atoms with Crippen molar-refractivity contribution in [2.24, 2.45) is 17.8 Å². The van der Waals surface area contributed by atoms with E-state index in [-0.39, 0.29) is 29.8 Å². The highest BCUT2D eigenvalue weighted by atomic mass is 35.5. The maximum absolute atomic E-state index is 13.2. The Morgan fingerprint density at radius 3 is 2.86 bits per heavy atom. The zero-order valence-corrected chi connectivity index (χ0v) is 17.6. The highest BCUT2D eigenvalue weighted by Gasteiger charge is 2.67. The minimum atomic E-state index is -0.301. The van der Waals surface area contributed by atoms with Crippen LogP contribution in [-0.4, -0.2) is 43.0 Å². The third-order valence-electron chi connectivity index (χ3n) is 8.50. The molecule has 0 radical (unpaired) electrons. The zero-order valence-electron chi connectivity index (χ0n) is 16.8. The first kappa shape index (κ1) is 18.7. The van der Waals surface area contributed by atoms with E-state index in [1.54, 1.807) is 7.11 Å². The fraction of sp³-hybridized carbons (Fsp3) is 0.696. The fourth-order valence-corrected chi connectivity index (χ4v) is 7.00. The van der Waals surface area contributed by atoms with E-state index in [0.717, 1.165) is 43.2 Å². The number of Topliss-reactive ketones (excluding diaryl/α,β-unsaturated/α-hetero) is 1. The van der Waals surface area contributed by atoms with Gasteiger partial charge in [-0.15, -0.1) is 12.4 Å². The third kappa shape index (κ3) is 2.19. The lowest BCUT2D eigenvalue weighted by Gasteiger charge is -2.59. The number of carbonyl (C=O) groups is 1. The molecule has 6 rings (SSSR count). The second-order valence-corrected chi connectivity index (χ2v) is 9.63. The molecule has 2 aliphatic heterocycles. The fourth-order valence-electron chi connectivity index (χ4n) is 7.00. The van der Waals surface area contributed by atoms with Crippen LogP contribution >= 0.6 is 12.4 Å². The first-order valence-electron chi connectivity index (χ1n) is 10.8. The minimum absolute atomic E-state index is 0. The molecule has 4 nitrogen and oxygen atoms in total. The minimum Gasteiger partial charge on any atom is -0.493 e. The number of ketones is 1. The molecule has 2 heterocycles. The van der Waals surface area contributed by atoms with Gasteiger partial charge in [0.1, 0.15) is 0 Å². The van der Waals surface area contributed by atoms with Crippen molar-refractivity contribution in [3.63, 3.8) is 0 Å². The summed E-state index contributed by atoms with van der Waals surface area (Å²) in [5.74, 6) is 3.50. The number of nitrogens with zero attached hydrogens (tertiary/aromatic N) is 1. The number of piperidine rings is 1. The molecule has 2 saturated carbocycles. The summed E-state index contributed by atoms with van der Waals surface area (Å²) in [5, 5.41) is 0. The van der Waals surface area contributed by atoms with Gasteiger partial charge in [0.05, 0.1) is 7.11 Å². The first-order valence-corrected chi connectivity index (χ1v) is 10.8. The number of carbonyl (C=O) groups excluding carboxylic acids is 1. The van der Waals surface area contributed by atoms with Crippen LogP contribution in [0.3, 0.4) is 0 Å². The van der Waals surface area contributed by atoms with E-state index in [1.165, 1.54) is 36.9 Å². The Morgan fingerprint density at radius 2 is 2.14 bits per heavy atom. The third-order valence-corrected chi connectivity index (χ3v) is 8.50. The molecular formula is C23H30ClNO3. The number of likely N-dealkylation sites (tertiary alicyclic amines) is 1. The number of hydrogen-bond donors (Lipinski definition) is 0. The van der Waals surface area contributed by atoms with Gasteiger partial charge in [0.25, 0.3) is 0 Å². The van der Waals surface area contributed by atoms with E-state index in [4.69, 9.17) is 9.47 Å². The van der Waals surface area contributed by atoms with Gasteiger partial charge in [-0.1, -0.05) is 19.4 Å². The second kappa shape index (κ2) is 6.37. The molecule has 3 aliphatic carbocycles. The van der Waals surface area contributed by atoms with Gasteiger partial charge in [-0.2, -0.15) is 0 Å². The maximum Gasteiger partial charge on any atom is 0.177 e. The van der Waals surface area contributed by atoms with Crippen LogP contribution in [0.25, 0.3) is 0 Å². The lowest BCUT2D eigenvalue weighted by atomic mass is 9.50. The summed E-state index contributed by atoms with van der Waals surface area (Å²) in [6, 6.07) is 4.85. The van der Waals surface area contributed by atoms with Crippen molar-refractivity contribution in [2.45, 2.75) is 63.0 Å². The van der Waals surface area contributed by atoms with E-state index in [0.29, 0.717) is 17.7 Å². The molecule has 0 amide bonds. The largest absolute Gasteiger partial charge is 0.493 e. The van der Waals surface area contributed by atoms with Crippen molar-refractivity contribution in [3.8, 4) is 11.5 Å². The van der Waals surface area contributed by atoms with E-state index in [1.807, 2.05) is 6.07 Å². The Kier molecular flexibility index (Phi) is 4.26. The Labute approximate surface area is 173 Å². The van der Waals surface area contributed by atoms with E-state index in [2.05, 4.69) is 17.9 Å². The zero-order chi connectivity index (χ0) is 18.3. The highest BCUT2D eigenvalue weighted by molar-refractivity contribution is 5.91. The Balaban J connectivity index is 0.00000171. The van der Waals surface area contributed by atoms with E-state index >= 15 is 0 Å². The van der Waals surface area contributed by atoms with Gasteiger partial charge in [0.15, 0.2) is 23.4 Å². The van der Waals surface area contributed by atoms with Gasteiger partial charge in [-0.3, -0.25) is 9.69 Å². The smallest absolute Gasteiger partial charge is 0.177 e. The number of rotatable bonds is 3. The van der Waals surface area contributed by atoms with Gasteiger partial charge in [-0.25, -0.2) is 0 Å². The molecule has 3 fully saturated rings. The van der Waals surface area contributed by atoms with Crippen molar-refractivity contribution in [2.75, 3.05) is 20.2 Å². The molecule has 0 unspecified atom stereocenters. The van der Waals surface area contributed by atoms with Gasteiger partial charge in [0, 0.05) is 29.5 Å². The number of benzene rings is 1. The molecule has 1 saturated heterocycles. The van der Waals surface area contributed by atoms with Crippen molar-refractivity contribution in [1.29, 1.82) is 0 Å². The van der Waals surface area contributed by atoms with Gasteiger partial charge >= 0.3 is 0 Å². The Hall–Kier alpha value is -1.26. The summed E-state index contributed by atoms with van der Waals surface area (Å²) in [6.45, 7) is 4.47. The van der Waals surface area contributed by atoms with Gasteiger partial charge < -0.3 is 9.47 Å². The van der Waals surface area contributed by atoms with Gasteiger partial charge in [-0.05, 0) is 62.1 Å². The summed E-state index contributed by atoms with van der Waals surface area (Å²) in [7, 11) is 1.70. The monoisotopic (exact) mass is 403 g/mol. The van der Waals surface area contributed by atoms with Crippen molar-refractivity contribution in [3.05, 3.63) is 23.3 Å². The van der Waals surface area contributed by atoms with Crippen LogP contribution in [0.2, 0.25) is 0 Å². The summed E-state index contributed by atoms with van der Waals surface area (Å²) in [5.41, 5.74) is 2.62. The molecule has 2 bridgehead atoms. The van der Waals surface area contributed by atoms with E-state index in [9.17, 15) is 4.79 Å². The lowest BCUT2D eigenvalue weighted by Crippen LogP contribution is -2.67. The molecule has 5 aliphatic rings. The maximum atomic E-state index is 13.2. The summed E-state index contributed by atoms with van der Waals surface area (Å²) >= 11 is 0. The summed E-state index contributed by atoms with van der Waals surface area (Å²) < 4.78 is 12.1. The molecule has 1 aromatic carbocycles. The molecule has 0 aromatic heterocycles. The molecule has 1 aromatic rings. The van der Waals surface area contributed by atoms with Gasteiger partial charge in [0.2, 0.25) is 0 Å². The molecule has 5 atom stereocenters. The standard InChI is InChI=1S/C23H29NO3.ClH/c1-13-10-16-17-11-15-6-7-18(26-2)21-19(15)23(16,22(27-21)20(13)25)8-9-24(17)12-14-4-3-5-14;/h6-7,13-14,16-17,22H,3-5,8-12H2,1-2H3;1H/t13-,16-,17+,22-,23-;/m0./s1. The Bertz CT molecular complexity index is 822. The highest BCUT2D eigenvalue weighted by Crippen LogP contribution is 2.64. The Morgan fingerprint density at radius 1 is 1.32 bits per heavy atom. The molecule has 1 spiro atoms. The number of ether oxygens (including phenoxy) is 2. The summed E-state index contributed by atoms with van der Waals surface area (Å²) in [6.07, 6.45) is 7.07. The van der Waals surface area contributed by atoms with Crippen LogP contribution in [0.4, 0.5) is 0 Å². The number of halogens is 1. The van der Waals surface area contributed by atoms with Crippen molar-refractivity contribution >= 4 is 18.2 Å². The van der Waals surface area contributed by atoms with Crippen molar-refractivity contribution < 1.29 is 14.3 Å². The van der Waals surface area contributed by atoms with Crippen LogP contribution in [-0.2, 0) is 16.6 Å². The SMILES string of the molecule is COc1ccc2c3c1O[C@H]1C(=O)[C@@H](C)C[C@H]4[C@@H](C2)N(CC2CCC2)CC[C@]314.Cl. The van der Waals surface area contributed by atoms with Crippen LogP contribution < -0.4 is 9.47 Å². The van der Waals surface area contributed by atoms with Crippen LogP contribution in [0.15, 0.2) is 12.1 Å². The van der Waals surface area contributed by atoms with Crippen molar-refractivity contribution in [1.82, 2.24) is 4.90 Å². The first-order chi connectivity index (χ1) is 13.1. The molecule has 152 valence electrons. The molecule has 0 N–H and O–H groups in total. The van der Waals surface area contributed by atoms with Crippen LogP contribution in [0, 0.1) is 17.8 Å². The van der Waals surface area contributed by atoms with E-state index < -0.39 is 0 Å². The lowest BCUT2D eigenvalue weighted by molar-refractivity contribution is -0.145. The second-order valence-electron chi connectivity index (χ2n) is 9.63. The number of hydrogen-bond acceptors (Lipinski definition) is 4. The molecular weight excluding hydrogens is 374 g/mol. The average Bonchev–Trinajstić information content (AvgIpc) is 2.97. The van der Waals surface area contributed by atoms with Crippen LogP contribution in [0.5, 0.6) is 11.5 Å². The topological polar surface area (TPSA) is 38.8 Å². The number of methoxy groups -OCH3 is 1. The predicted octanol–water partition coefficient (Wildman–Crippen LogP) is 3.77. The summed E-state index contributed by atoms with van der Waals surface area (Å²) in [4.78, 5) is 16.0. The molecule has 28 heavy (non-hydrogen) atoms. The predicted molar refractivity (Wildman–Crippen MR) is 110 cm³/mol. The normalized spacial score (nSPS) is 38.1.